The molecular formula is C24H36IN3O5. The Labute approximate surface area is 213 Å². The molecular weight excluding hydrogens is 537 g/mol. The summed E-state index contributed by atoms with van der Waals surface area (Å²) in [4.78, 5) is 19.6. The zero-order valence-corrected chi connectivity index (χ0v) is 22.0. The fraction of sp³-hybridized carbons (Fsp3) is 0.667. The van der Waals surface area contributed by atoms with Crippen molar-refractivity contribution in [3.63, 3.8) is 0 Å². The van der Waals surface area contributed by atoms with Crippen LogP contribution in [0.15, 0.2) is 23.2 Å². The van der Waals surface area contributed by atoms with Crippen molar-refractivity contribution in [2.24, 2.45) is 10.9 Å². The highest BCUT2D eigenvalue weighted by molar-refractivity contribution is 14.0. The summed E-state index contributed by atoms with van der Waals surface area (Å²) in [7, 11) is 0. The van der Waals surface area contributed by atoms with Gasteiger partial charge < -0.3 is 29.2 Å². The van der Waals surface area contributed by atoms with E-state index >= 15 is 0 Å². The number of carbonyl (C=O) groups is 1. The Balaban J connectivity index is 0.00000306. The lowest BCUT2D eigenvalue weighted by Gasteiger charge is -2.38. The molecule has 1 aromatic carbocycles. The number of aliphatic imine (C=N–C) groups is 1. The Morgan fingerprint density at radius 2 is 2.03 bits per heavy atom. The molecule has 0 bridgehead atoms. The molecule has 3 aliphatic heterocycles. The average molecular weight is 573 g/mol. The number of carbonyl (C=O) groups excluding carboxylic acids is 1. The highest BCUT2D eigenvalue weighted by Crippen LogP contribution is 2.41. The molecule has 3 aliphatic rings. The molecule has 3 heterocycles. The van der Waals surface area contributed by atoms with E-state index in [1.54, 1.807) is 0 Å². The van der Waals surface area contributed by atoms with E-state index in [2.05, 4.69) is 29.3 Å². The molecule has 1 N–H and O–H groups in total. The number of halogens is 1. The van der Waals surface area contributed by atoms with Crippen LogP contribution >= 0.6 is 24.0 Å². The van der Waals surface area contributed by atoms with Crippen molar-refractivity contribution in [3.8, 4) is 11.5 Å². The lowest BCUT2D eigenvalue weighted by Crippen LogP contribution is -2.49. The predicted molar refractivity (Wildman–Crippen MR) is 137 cm³/mol. The maximum absolute atomic E-state index is 12.3. The van der Waals surface area contributed by atoms with Gasteiger partial charge in [0.2, 0.25) is 6.79 Å². The summed E-state index contributed by atoms with van der Waals surface area (Å²) in [6.45, 7) is 9.02. The molecule has 4 rings (SSSR count). The molecule has 2 saturated heterocycles. The van der Waals surface area contributed by atoms with E-state index in [9.17, 15) is 4.79 Å². The Morgan fingerprint density at radius 3 is 2.79 bits per heavy atom. The molecule has 33 heavy (non-hydrogen) atoms. The minimum atomic E-state index is -0.115. The molecule has 1 aromatic rings. The number of nitrogens with one attached hydrogen (secondary N) is 1. The van der Waals surface area contributed by atoms with E-state index < -0.39 is 0 Å². The summed E-state index contributed by atoms with van der Waals surface area (Å²) in [6.07, 6.45) is 3.63. The number of nitrogens with zero attached hydrogens (tertiary/aromatic N) is 2. The third-order valence-corrected chi connectivity index (χ3v) is 6.64. The van der Waals surface area contributed by atoms with Gasteiger partial charge in [0.05, 0.1) is 19.1 Å². The number of likely N-dealkylation sites (tertiary alicyclic amines) is 1. The molecule has 8 nitrogen and oxygen atoms in total. The van der Waals surface area contributed by atoms with Crippen LogP contribution in [0.3, 0.4) is 0 Å². The van der Waals surface area contributed by atoms with Gasteiger partial charge in [-0.05, 0) is 57.2 Å². The highest BCUT2D eigenvalue weighted by atomic mass is 127. The summed E-state index contributed by atoms with van der Waals surface area (Å²) < 4.78 is 22.1. The first-order valence-electron chi connectivity index (χ1n) is 11.8. The maximum atomic E-state index is 12.3. The van der Waals surface area contributed by atoms with Crippen molar-refractivity contribution in [1.82, 2.24) is 10.2 Å². The van der Waals surface area contributed by atoms with Gasteiger partial charge in [0.25, 0.3) is 0 Å². The van der Waals surface area contributed by atoms with Crippen LogP contribution in [-0.4, -0.2) is 69.6 Å². The first-order valence-corrected chi connectivity index (χ1v) is 11.8. The molecule has 0 saturated carbocycles. The number of esters is 1. The number of hydrogen-bond donors (Lipinski definition) is 1. The van der Waals surface area contributed by atoms with Crippen LogP contribution in [-0.2, 0) is 19.7 Å². The normalized spacial score (nSPS) is 21.8. The number of ether oxygens (including phenoxy) is 4. The van der Waals surface area contributed by atoms with Crippen LogP contribution in [0, 0.1) is 5.92 Å². The van der Waals surface area contributed by atoms with Gasteiger partial charge >= 0.3 is 5.97 Å². The van der Waals surface area contributed by atoms with Gasteiger partial charge in [-0.15, -0.1) is 24.0 Å². The van der Waals surface area contributed by atoms with Crippen LogP contribution in [0.5, 0.6) is 11.5 Å². The molecule has 0 spiro atoms. The van der Waals surface area contributed by atoms with E-state index in [0.29, 0.717) is 19.7 Å². The number of rotatable bonds is 6. The predicted octanol–water partition coefficient (Wildman–Crippen LogP) is 3.32. The van der Waals surface area contributed by atoms with Crippen LogP contribution in [0.2, 0.25) is 0 Å². The van der Waals surface area contributed by atoms with Crippen molar-refractivity contribution in [2.45, 2.75) is 44.9 Å². The summed E-state index contributed by atoms with van der Waals surface area (Å²) in [5.74, 6) is 2.27. The summed E-state index contributed by atoms with van der Waals surface area (Å²) in [5.41, 5.74) is 1.10. The van der Waals surface area contributed by atoms with Crippen LogP contribution in [0.25, 0.3) is 0 Å². The first-order chi connectivity index (χ1) is 15.6. The molecule has 0 aliphatic carbocycles. The minimum absolute atomic E-state index is 0. The quantitative estimate of drug-likeness (QED) is 0.242. The third kappa shape index (κ3) is 6.03. The molecule has 0 radical (unpaired) electrons. The van der Waals surface area contributed by atoms with Crippen molar-refractivity contribution in [3.05, 3.63) is 23.8 Å². The molecule has 1 atom stereocenters. The van der Waals surface area contributed by atoms with Crippen LogP contribution < -0.4 is 14.8 Å². The minimum Gasteiger partial charge on any atom is -0.466 e. The Morgan fingerprint density at radius 1 is 1.24 bits per heavy atom. The van der Waals surface area contributed by atoms with Gasteiger partial charge in [0, 0.05) is 38.3 Å². The Kier molecular flexibility index (Phi) is 9.48. The largest absolute Gasteiger partial charge is 0.466 e. The SMILES string of the molecule is CCNC(=NCC1(c2ccc3c(c2)OCO3)CCOCC1)N1CCCC(C(=O)OCC)C1.I. The number of piperidine rings is 1. The number of fused-ring (bicyclic) bond motifs is 1. The van der Waals surface area contributed by atoms with Gasteiger partial charge in [-0.3, -0.25) is 9.79 Å². The fourth-order valence-electron chi connectivity index (χ4n) is 4.80. The average Bonchev–Trinajstić information content (AvgIpc) is 3.31. The lowest BCUT2D eigenvalue weighted by atomic mass is 9.74. The lowest BCUT2D eigenvalue weighted by molar-refractivity contribution is -0.149. The second kappa shape index (κ2) is 12.1. The summed E-state index contributed by atoms with van der Waals surface area (Å²) in [5, 5.41) is 3.44. The smallest absolute Gasteiger partial charge is 0.310 e. The second-order valence-electron chi connectivity index (χ2n) is 8.67. The summed E-state index contributed by atoms with van der Waals surface area (Å²) in [6, 6.07) is 6.24. The van der Waals surface area contributed by atoms with E-state index in [1.807, 2.05) is 13.0 Å². The molecule has 9 heteroatoms. The first kappa shape index (κ1) is 25.9. The molecule has 0 amide bonds. The molecule has 0 aromatic heterocycles. The fourth-order valence-corrected chi connectivity index (χ4v) is 4.80. The van der Waals surface area contributed by atoms with Crippen LogP contribution in [0.1, 0.15) is 45.1 Å². The van der Waals surface area contributed by atoms with Crippen molar-refractivity contribution in [1.29, 1.82) is 0 Å². The van der Waals surface area contributed by atoms with Gasteiger partial charge in [-0.2, -0.15) is 0 Å². The maximum Gasteiger partial charge on any atom is 0.310 e. The van der Waals surface area contributed by atoms with Crippen molar-refractivity contribution in [2.75, 3.05) is 52.8 Å². The van der Waals surface area contributed by atoms with E-state index in [1.165, 1.54) is 5.56 Å². The monoisotopic (exact) mass is 573 g/mol. The topological polar surface area (TPSA) is 81.6 Å². The zero-order valence-electron chi connectivity index (χ0n) is 19.6. The number of benzene rings is 1. The Hall–Kier alpha value is -1.75. The van der Waals surface area contributed by atoms with Gasteiger partial charge in [0.15, 0.2) is 17.5 Å². The molecule has 184 valence electrons. The zero-order chi connectivity index (χ0) is 22.4. The van der Waals surface area contributed by atoms with Gasteiger partial charge in [-0.1, -0.05) is 6.07 Å². The van der Waals surface area contributed by atoms with E-state index in [-0.39, 0.29) is 48.1 Å². The van der Waals surface area contributed by atoms with E-state index in [0.717, 1.165) is 69.4 Å². The molecule has 2 fully saturated rings. The van der Waals surface area contributed by atoms with Crippen molar-refractivity contribution >= 4 is 35.9 Å². The molecule has 1 unspecified atom stereocenters. The van der Waals surface area contributed by atoms with Gasteiger partial charge in [0.1, 0.15) is 0 Å². The van der Waals surface area contributed by atoms with Gasteiger partial charge in [-0.25, -0.2) is 0 Å². The Bertz CT molecular complexity index is 828. The number of hydrogen-bond acceptors (Lipinski definition) is 6. The summed E-state index contributed by atoms with van der Waals surface area (Å²) >= 11 is 0. The third-order valence-electron chi connectivity index (χ3n) is 6.64. The van der Waals surface area contributed by atoms with E-state index in [4.69, 9.17) is 23.9 Å². The highest BCUT2D eigenvalue weighted by Gasteiger charge is 2.36. The number of guanidine groups is 1. The van der Waals surface area contributed by atoms with Crippen LogP contribution in [0.4, 0.5) is 0 Å². The standard InChI is InChI=1S/C24H35N3O5.HI/c1-3-25-23(27-11-5-6-18(15-27)22(28)30-4-2)26-16-24(9-12-29-13-10-24)19-7-8-20-21(14-19)32-17-31-20;/h7-8,14,18H,3-6,9-13,15-17H2,1-2H3,(H,25,26);1H. The second-order valence-corrected chi connectivity index (χ2v) is 8.67. The van der Waals surface area contributed by atoms with Crippen molar-refractivity contribution < 1.29 is 23.7 Å².